The molecule has 138 valence electrons. The van der Waals surface area contributed by atoms with Crippen molar-refractivity contribution in [3.8, 4) is 16.9 Å². The summed E-state index contributed by atoms with van der Waals surface area (Å²) in [5, 5.41) is 9.46. The van der Waals surface area contributed by atoms with E-state index < -0.39 is 0 Å². The molecular weight excluding hydrogens is 360 g/mol. The van der Waals surface area contributed by atoms with Gasteiger partial charge in [0.25, 0.3) is 5.91 Å². The number of thiophene rings is 1. The maximum atomic E-state index is 12.3. The van der Waals surface area contributed by atoms with E-state index >= 15 is 0 Å². The molecule has 0 bridgehead atoms. The Morgan fingerprint density at radius 3 is 2.63 bits per heavy atom. The molecule has 0 aliphatic carbocycles. The van der Waals surface area contributed by atoms with Gasteiger partial charge in [-0.05, 0) is 46.2 Å². The maximum Gasteiger partial charge on any atom is 0.251 e. The fraction of sp³-hybridized carbons (Fsp3) is 0.143. The van der Waals surface area contributed by atoms with E-state index in [0.29, 0.717) is 17.9 Å². The van der Waals surface area contributed by atoms with Crippen LogP contribution in [0.1, 0.15) is 15.9 Å². The van der Waals surface area contributed by atoms with Crippen molar-refractivity contribution in [2.24, 2.45) is 0 Å². The van der Waals surface area contributed by atoms with E-state index in [9.17, 15) is 9.59 Å². The normalized spacial score (nSPS) is 10.3. The van der Waals surface area contributed by atoms with Crippen LogP contribution in [0.4, 0.5) is 0 Å². The molecule has 0 spiro atoms. The minimum Gasteiger partial charge on any atom is -0.496 e. The van der Waals surface area contributed by atoms with E-state index in [-0.39, 0.29) is 18.4 Å². The van der Waals surface area contributed by atoms with Crippen LogP contribution < -0.4 is 15.4 Å². The molecule has 0 aliphatic heterocycles. The Morgan fingerprint density at radius 2 is 1.85 bits per heavy atom. The van der Waals surface area contributed by atoms with Crippen LogP contribution >= 0.6 is 11.3 Å². The van der Waals surface area contributed by atoms with Crippen LogP contribution in [-0.4, -0.2) is 25.5 Å². The molecule has 5 nitrogen and oxygen atoms in total. The van der Waals surface area contributed by atoms with Gasteiger partial charge in [0.1, 0.15) is 5.75 Å². The second-order valence-corrected chi connectivity index (χ2v) is 6.64. The first-order valence-corrected chi connectivity index (χ1v) is 9.41. The van der Waals surface area contributed by atoms with Crippen LogP contribution in [0, 0.1) is 0 Å². The lowest BCUT2D eigenvalue weighted by Crippen LogP contribution is -2.36. The third kappa shape index (κ3) is 4.95. The van der Waals surface area contributed by atoms with E-state index in [1.54, 1.807) is 24.5 Å². The largest absolute Gasteiger partial charge is 0.496 e. The molecule has 2 amide bonds. The van der Waals surface area contributed by atoms with Crippen LogP contribution in [0.25, 0.3) is 11.1 Å². The third-order valence-electron chi connectivity index (χ3n) is 4.06. The SMILES string of the molecule is COc1ccccc1CNC(=O)CNC(=O)c1cccc(-c2ccsc2)c1. The van der Waals surface area contributed by atoms with E-state index in [0.717, 1.165) is 16.7 Å². The van der Waals surface area contributed by atoms with Crippen LogP contribution in [0.5, 0.6) is 5.75 Å². The topological polar surface area (TPSA) is 67.4 Å². The molecule has 0 saturated heterocycles. The summed E-state index contributed by atoms with van der Waals surface area (Å²) in [4.78, 5) is 24.4. The molecule has 3 rings (SSSR count). The highest BCUT2D eigenvalue weighted by molar-refractivity contribution is 7.08. The Kier molecular flexibility index (Phi) is 6.22. The molecule has 0 fully saturated rings. The Labute approximate surface area is 162 Å². The van der Waals surface area contributed by atoms with Gasteiger partial charge in [-0.15, -0.1) is 0 Å². The molecule has 2 N–H and O–H groups in total. The maximum absolute atomic E-state index is 12.3. The highest BCUT2D eigenvalue weighted by atomic mass is 32.1. The van der Waals surface area contributed by atoms with Crippen molar-refractivity contribution in [1.29, 1.82) is 0 Å². The molecule has 1 heterocycles. The van der Waals surface area contributed by atoms with Gasteiger partial charge in [0.05, 0.1) is 13.7 Å². The summed E-state index contributed by atoms with van der Waals surface area (Å²) < 4.78 is 5.26. The lowest BCUT2D eigenvalue weighted by atomic mass is 10.1. The first-order chi connectivity index (χ1) is 13.2. The summed E-state index contributed by atoms with van der Waals surface area (Å²) >= 11 is 1.61. The van der Waals surface area contributed by atoms with Gasteiger partial charge in [-0.1, -0.05) is 30.3 Å². The van der Waals surface area contributed by atoms with Gasteiger partial charge in [0.15, 0.2) is 0 Å². The van der Waals surface area contributed by atoms with Gasteiger partial charge in [-0.25, -0.2) is 0 Å². The average molecular weight is 380 g/mol. The second-order valence-electron chi connectivity index (χ2n) is 5.86. The minimum atomic E-state index is -0.278. The van der Waals surface area contributed by atoms with Gasteiger partial charge < -0.3 is 15.4 Å². The van der Waals surface area contributed by atoms with Crippen LogP contribution in [0.15, 0.2) is 65.4 Å². The molecule has 3 aromatic rings. The molecule has 1 aromatic heterocycles. The van der Waals surface area contributed by atoms with Gasteiger partial charge >= 0.3 is 0 Å². The predicted molar refractivity (Wildman–Crippen MR) is 107 cm³/mol. The lowest BCUT2D eigenvalue weighted by molar-refractivity contribution is -0.120. The van der Waals surface area contributed by atoms with Gasteiger partial charge in [-0.3, -0.25) is 9.59 Å². The molecule has 2 aromatic carbocycles. The molecule has 0 saturated carbocycles. The Hall–Kier alpha value is -3.12. The van der Waals surface area contributed by atoms with Crippen molar-refractivity contribution < 1.29 is 14.3 Å². The number of hydrogen-bond donors (Lipinski definition) is 2. The molecular formula is C21H20N2O3S. The van der Waals surface area contributed by atoms with E-state index in [1.807, 2.05) is 59.3 Å². The monoisotopic (exact) mass is 380 g/mol. The first kappa shape index (κ1) is 18.7. The number of rotatable bonds is 7. The number of carbonyl (C=O) groups excluding carboxylic acids is 2. The van der Waals surface area contributed by atoms with Crippen molar-refractivity contribution in [3.05, 3.63) is 76.5 Å². The number of methoxy groups -OCH3 is 1. The summed E-state index contributed by atoms with van der Waals surface area (Å²) in [6, 6.07) is 16.8. The average Bonchev–Trinajstić information content (AvgIpc) is 3.25. The Morgan fingerprint density at radius 1 is 1.00 bits per heavy atom. The van der Waals surface area contributed by atoms with Gasteiger partial charge in [-0.2, -0.15) is 11.3 Å². The summed E-state index contributed by atoms with van der Waals surface area (Å²) in [5.41, 5.74) is 3.45. The van der Waals surface area contributed by atoms with Crippen molar-refractivity contribution in [2.45, 2.75) is 6.54 Å². The predicted octanol–water partition coefficient (Wildman–Crippen LogP) is 3.47. The molecule has 0 unspecified atom stereocenters. The van der Waals surface area contributed by atoms with E-state index in [1.165, 1.54) is 0 Å². The summed E-state index contributed by atoms with van der Waals surface area (Å²) in [7, 11) is 1.59. The van der Waals surface area contributed by atoms with Crippen molar-refractivity contribution in [1.82, 2.24) is 10.6 Å². The lowest BCUT2D eigenvalue weighted by Gasteiger charge is -2.10. The molecule has 6 heteroatoms. The fourth-order valence-electron chi connectivity index (χ4n) is 2.64. The smallest absolute Gasteiger partial charge is 0.251 e. The molecule has 0 atom stereocenters. The van der Waals surface area contributed by atoms with Crippen LogP contribution in [-0.2, 0) is 11.3 Å². The first-order valence-electron chi connectivity index (χ1n) is 8.47. The summed E-state index contributed by atoms with van der Waals surface area (Å²) in [5.74, 6) is 0.176. The fourth-order valence-corrected chi connectivity index (χ4v) is 3.30. The van der Waals surface area contributed by atoms with E-state index in [4.69, 9.17) is 4.74 Å². The van der Waals surface area contributed by atoms with Crippen molar-refractivity contribution in [3.63, 3.8) is 0 Å². The number of nitrogens with one attached hydrogen (secondary N) is 2. The van der Waals surface area contributed by atoms with Crippen molar-refractivity contribution >= 4 is 23.2 Å². The summed E-state index contributed by atoms with van der Waals surface area (Å²) in [6.45, 7) is 0.253. The molecule has 0 aliphatic rings. The highest BCUT2D eigenvalue weighted by Crippen LogP contribution is 2.22. The Balaban J connectivity index is 1.53. The second kappa shape index (κ2) is 9.00. The number of carbonyl (C=O) groups is 2. The zero-order valence-electron chi connectivity index (χ0n) is 14.9. The quantitative estimate of drug-likeness (QED) is 0.660. The van der Waals surface area contributed by atoms with Crippen LogP contribution in [0.2, 0.25) is 0 Å². The number of amides is 2. The zero-order valence-corrected chi connectivity index (χ0v) is 15.7. The number of benzene rings is 2. The summed E-state index contributed by atoms with van der Waals surface area (Å²) in [6.07, 6.45) is 0. The Bertz CT molecular complexity index is 923. The molecule has 27 heavy (non-hydrogen) atoms. The molecule has 0 radical (unpaired) electrons. The van der Waals surface area contributed by atoms with E-state index in [2.05, 4.69) is 10.6 Å². The third-order valence-corrected chi connectivity index (χ3v) is 4.74. The zero-order chi connectivity index (χ0) is 19.1. The van der Waals surface area contributed by atoms with Gasteiger partial charge in [0, 0.05) is 17.7 Å². The van der Waals surface area contributed by atoms with Crippen LogP contribution in [0.3, 0.4) is 0 Å². The minimum absolute atomic E-state index is 0.0866. The number of para-hydroxylation sites is 1. The van der Waals surface area contributed by atoms with Crippen molar-refractivity contribution in [2.75, 3.05) is 13.7 Å². The number of ether oxygens (including phenoxy) is 1. The highest BCUT2D eigenvalue weighted by Gasteiger charge is 2.10. The number of hydrogen-bond acceptors (Lipinski definition) is 4. The standard InChI is InChI=1S/C21H20N2O3S/c1-26-19-8-3-2-5-17(19)12-22-20(24)13-23-21(25)16-7-4-6-15(11-16)18-9-10-27-14-18/h2-11,14H,12-13H2,1H3,(H,22,24)(H,23,25). The van der Waals surface area contributed by atoms with Gasteiger partial charge in [0.2, 0.25) is 5.91 Å².